The van der Waals surface area contributed by atoms with Crippen LogP contribution >= 0.6 is 0 Å². The second-order valence-electron chi connectivity index (χ2n) is 6.85. The smallest absolute Gasteiger partial charge is 0.416 e. The summed E-state index contributed by atoms with van der Waals surface area (Å²) in [4.78, 5) is 24.5. The van der Waals surface area contributed by atoms with Crippen LogP contribution in [0.3, 0.4) is 0 Å². The van der Waals surface area contributed by atoms with Gasteiger partial charge in [-0.2, -0.15) is 13.2 Å². The molecule has 3 rings (SSSR count). The average molecular weight is 365 g/mol. The van der Waals surface area contributed by atoms with Gasteiger partial charge in [-0.15, -0.1) is 0 Å². The number of hydrogen-bond donors (Lipinski definition) is 2. The summed E-state index contributed by atoms with van der Waals surface area (Å²) in [5, 5.41) is 12.1. The third-order valence-corrected chi connectivity index (χ3v) is 5.03. The monoisotopic (exact) mass is 365 g/mol. The molecule has 138 valence electrons. The van der Waals surface area contributed by atoms with Crippen LogP contribution in [0, 0.1) is 23.7 Å². The molecule has 0 spiro atoms. The molecule has 0 heterocycles. The van der Waals surface area contributed by atoms with Crippen LogP contribution in [0.15, 0.2) is 47.6 Å². The van der Waals surface area contributed by atoms with E-state index in [1.807, 2.05) is 19.9 Å². The fourth-order valence-corrected chi connectivity index (χ4v) is 4.04. The van der Waals surface area contributed by atoms with Crippen LogP contribution in [0.2, 0.25) is 0 Å². The molecule has 1 aromatic carbocycles. The minimum absolute atomic E-state index is 0.000494. The molecule has 0 aliphatic heterocycles. The first-order chi connectivity index (χ1) is 12.1. The summed E-state index contributed by atoms with van der Waals surface area (Å²) in [5.74, 6) is -4.10. The number of anilines is 1. The lowest BCUT2D eigenvalue weighted by atomic mass is 9.82. The first kappa shape index (κ1) is 18.2. The Bertz CT molecular complexity index is 822. The van der Waals surface area contributed by atoms with Gasteiger partial charge in [0.05, 0.1) is 17.4 Å². The Kier molecular flexibility index (Phi) is 4.42. The molecular weight excluding hydrogens is 347 g/mol. The minimum atomic E-state index is -4.52. The van der Waals surface area contributed by atoms with Crippen molar-refractivity contribution in [3.63, 3.8) is 0 Å². The number of carboxylic acids is 1. The molecular formula is C19H18F3NO3. The number of nitrogens with one attached hydrogen (secondary N) is 1. The number of carbonyl (C=O) groups is 2. The zero-order chi connectivity index (χ0) is 19.2. The molecule has 4 atom stereocenters. The molecule has 0 radical (unpaired) electrons. The van der Waals surface area contributed by atoms with Gasteiger partial charge >= 0.3 is 12.1 Å². The maximum atomic E-state index is 12.8. The second kappa shape index (κ2) is 6.30. The first-order valence-corrected chi connectivity index (χ1v) is 8.17. The average Bonchev–Trinajstić information content (AvgIpc) is 3.10. The molecule has 2 aliphatic rings. The lowest BCUT2D eigenvalue weighted by Crippen LogP contribution is -2.36. The normalized spacial score (nSPS) is 26.9. The zero-order valence-corrected chi connectivity index (χ0v) is 14.2. The van der Waals surface area contributed by atoms with Gasteiger partial charge in [0.1, 0.15) is 0 Å². The van der Waals surface area contributed by atoms with E-state index < -0.39 is 35.5 Å². The molecule has 1 amide bonds. The number of aliphatic carboxylic acids is 1. The summed E-state index contributed by atoms with van der Waals surface area (Å²) in [7, 11) is 0. The van der Waals surface area contributed by atoms with Gasteiger partial charge in [0.2, 0.25) is 5.91 Å². The third kappa shape index (κ3) is 3.02. The van der Waals surface area contributed by atoms with Gasteiger partial charge < -0.3 is 10.4 Å². The Labute approximate surface area is 148 Å². The molecule has 2 bridgehead atoms. The molecule has 2 N–H and O–H groups in total. The molecule has 0 unspecified atom stereocenters. The van der Waals surface area contributed by atoms with Crippen molar-refractivity contribution in [2.75, 3.05) is 5.32 Å². The van der Waals surface area contributed by atoms with E-state index in [2.05, 4.69) is 5.32 Å². The number of rotatable bonds is 3. The number of carbonyl (C=O) groups excluding carboxylic acids is 1. The van der Waals surface area contributed by atoms with Crippen LogP contribution < -0.4 is 5.32 Å². The number of halogens is 3. The maximum absolute atomic E-state index is 12.8. The third-order valence-electron chi connectivity index (χ3n) is 5.03. The summed E-state index contributed by atoms with van der Waals surface area (Å²) < 4.78 is 38.5. The lowest BCUT2D eigenvalue weighted by molar-refractivity contribution is -0.146. The SMILES string of the molecule is CC(C)=C1[C@H]2C=C[C@H]1[C@@H](C(=O)Nc1cccc(C(F)(F)F)c1)[C@H]2C(=O)O. The van der Waals surface area contributed by atoms with E-state index in [1.54, 1.807) is 6.08 Å². The topological polar surface area (TPSA) is 66.4 Å². The van der Waals surface area contributed by atoms with Crippen molar-refractivity contribution in [2.45, 2.75) is 20.0 Å². The Morgan fingerprint density at radius 2 is 1.69 bits per heavy atom. The zero-order valence-electron chi connectivity index (χ0n) is 14.2. The Hall–Kier alpha value is -2.57. The molecule has 4 nitrogen and oxygen atoms in total. The van der Waals surface area contributed by atoms with Crippen molar-refractivity contribution >= 4 is 17.6 Å². The van der Waals surface area contributed by atoms with E-state index in [9.17, 15) is 27.9 Å². The van der Waals surface area contributed by atoms with Gasteiger partial charge in [0.15, 0.2) is 0 Å². The summed E-state index contributed by atoms with van der Waals surface area (Å²) in [6, 6.07) is 4.32. The lowest BCUT2D eigenvalue weighted by Gasteiger charge is -2.23. The number of allylic oxidation sites excluding steroid dienone is 4. The van der Waals surface area contributed by atoms with Crippen molar-refractivity contribution in [3.05, 3.63) is 53.1 Å². The number of alkyl halides is 3. The fourth-order valence-electron chi connectivity index (χ4n) is 4.04. The molecule has 1 fully saturated rings. The second-order valence-corrected chi connectivity index (χ2v) is 6.85. The van der Waals surface area contributed by atoms with Crippen molar-refractivity contribution in [1.82, 2.24) is 0 Å². The highest BCUT2D eigenvalue weighted by Gasteiger charge is 2.54. The number of carboxylic acid groups (broad SMARTS) is 1. The van der Waals surface area contributed by atoms with E-state index in [1.165, 1.54) is 12.1 Å². The highest BCUT2D eigenvalue weighted by atomic mass is 19.4. The van der Waals surface area contributed by atoms with Gasteiger partial charge in [-0.3, -0.25) is 9.59 Å². The molecule has 26 heavy (non-hydrogen) atoms. The van der Waals surface area contributed by atoms with Crippen molar-refractivity contribution in [1.29, 1.82) is 0 Å². The number of hydrogen-bond acceptors (Lipinski definition) is 2. The molecule has 1 saturated carbocycles. The van der Waals surface area contributed by atoms with Gasteiger partial charge in [-0.25, -0.2) is 0 Å². The van der Waals surface area contributed by atoms with Crippen LogP contribution in [0.5, 0.6) is 0 Å². The van der Waals surface area contributed by atoms with Gasteiger partial charge in [0.25, 0.3) is 0 Å². The van der Waals surface area contributed by atoms with E-state index in [4.69, 9.17) is 0 Å². The van der Waals surface area contributed by atoms with E-state index in [0.29, 0.717) is 0 Å². The van der Waals surface area contributed by atoms with Gasteiger partial charge in [-0.1, -0.05) is 29.4 Å². The molecule has 2 aliphatic carbocycles. The van der Waals surface area contributed by atoms with Gasteiger partial charge in [-0.05, 0) is 32.0 Å². The predicted molar refractivity (Wildman–Crippen MR) is 89.2 cm³/mol. The van der Waals surface area contributed by atoms with Crippen LogP contribution in [-0.2, 0) is 15.8 Å². The molecule has 0 saturated heterocycles. The number of amides is 1. The predicted octanol–water partition coefficient (Wildman–Crippen LogP) is 4.11. The van der Waals surface area contributed by atoms with Gasteiger partial charge in [0, 0.05) is 17.5 Å². The van der Waals surface area contributed by atoms with Crippen molar-refractivity contribution < 1.29 is 27.9 Å². The number of fused-ring (bicyclic) bond motifs is 2. The largest absolute Gasteiger partial charge is 0.481 e. The summed E-state index contributed by atoms with van der Waals surface area (Å²) in [6.07, 6.45) is -0.891. The maximum Gasteiger partial charge on any atom is 0.416 e. The minimum Gasteiger partial charge on any atom is -0.481 e. The Morgan fingerprint density at radius 1 is 1.08 bits per heavy atom. The standard InChI is InChI=1S/C19H18F3NO3/c1-9(2)14-12-6-7-13(14)16(18(25)26)15(12)17(24)23-11-5-3-4-10(8-11)19(20,21)22/h3-8,12-13,15-16H,1-2H3,(H,23,24)(H,25,26)/t12-,13-,15-,16+/m1/s1. The molecule has 1 aromatic rings. The Morgan fingerprint density at radius 3 is 2.23 bits per heavy atom. The fraction of sp³-hybridized carbons (Fsp3) is 0.368. The first-order valence-electron chi connectivity index (χ1n) is 8.17. The van der Waals surface area contributed by atoms with E-state index in [-0.39, 0.29) is 17.5 Å². The summed E-state index contributed by atoms with van der Waals surface area (Å²) >= 11 is 0. The van der Waals surface area contributed by atoms with Crippen LogP contribution in [0.25, 0.3) is 0 Å². The van der Waals surface area contributed by atoms with E-state index >= 15 is 0 Å². The summed E-state index contributed by atoms with van der Waals surface area (Å²) in [6.45, 7) is 3.74. The van der Waals surface area contributed by atoms with Crippen LogP contribution in [-0.4, -0.2) is 17.0 Å². The van der Waals surface area contributed by atoms with Crippen LogP contribution in [0.4, 0.5) is 18.9 Å². The highest BCUT2D eigenvalue weighted by Crippen LogP contribution is 2.53. The van der Waals surface area contributed by atoms with Crippen molar-refractivity contribution in [3.8, 4) is 0 Å². The summed E-state index contributed by atoms with van der Waals surface area (Å²) in [5.41, 5.74) is 1.01. The highest BCUT2D eigenvalue weighted by molar-refractivity contribution is 5.97. The number of benzene rings is 1. The van der Waals surface area contributed by atoms with Crippen LogP contribution in [0.1, 0.15) is 19.4 Å². The quantitative estimate of drug-likeness (QED) is 0.792. The Balaban J connectivity index is 1.89. The van der Waals surface area contributed by atoms with E-state index in [0.717, 1.165) is 23.3 Å². The molecule has 0 aromatic heterocycles. The molecule has 7 heteroatoms. The van der Waals surface area contributed by atoms with Crippen molar-refractivity contribution in [2.24, 2.45) is 23.7 Å².